The molecule has 0 saturated carbocycles. The highest BCUT2D eigenvalue weighted by molar-refractivity contribution is 7.91. The van der Waals surface area contributed by atoms with Crippen LogP contribution in [-0.4, -0.2) is 31.2 Å². The number of nitrogens with one attached hydrogen (secondary N) is 1. The Morgan fingerprint density at radius 2 is 2.04 bits per heavy atom. The predicted molar refractivity (Wildman–Crippen MR) is 94.5 cm³/mol. The second kappa shape index (κ2) is 7.80. The summed E-state index contributed by atoms with van der Waals surface area (Å²) >= 11 is 1.02. The molecule has 1 saturated heterocycles. The largest absolute Gasteiger partial charge is 0.416 e. The molecule has 1 amide bonds. The SMILES string of the molecule is O=C(NCc1ccc(F)cc1C(F)(F)F)[C@H]1CCCN1S(=O)(=O)c1cccs1. The molecule has 3 rings (SSSR count). The third-order valence-corrected chi connectivity index (χ3v) is 7.68. The van der Waals surface area contributed by atoms with E-state index in [1.54, 1.807) is 11.4 Å². The number of hydrogen-bond acceptors (Lipinski definition) is 4. The first kappa shape index (κ1) is 20.7. The van der Waals surface area contributed by atoms with Crippen LogP contribution in [0.3, 0.4) is 0 Å². The molecule has 1 aliphatic heterocycles. The normalized spacial score (nSPS) is 18.4. The van der Waals surface area contributed by atoms with Crippen LogP contribution in [0.4, 0.5) is 17.6 Å². The Morgan fingerprint density at radius 1 is 1.29 bits per heavy atom. The molecule has 152 valence electrons. The Bertz CT molecular complexity index is 959. The zero-order valence-electron chi connectivity index (χ0n) is 14.4. The zero-order valence-corrected chi connectivity index (χ0v) is 16.0. The van der Waals surface area contributed by atoms with E-state index >= 15 is 0 Å². The van der Waals surface area contributed by atoms with E-state index in [0.29, 0.717) is 12.5 Å². The third-order valence-electron chi connectivity index (χ3n) is 4.39. The molecule has 0 radical (unpaired) electrons. The molecule has 1 atom stereocenters. The number of carbonyl (C=O) groups is 1. The van der Waals surface area contributed by atoms with Crippen molar-refractivity contribution in [1.82, 2.24) is 9.62 Å². The Labute approximate surface area is 163 Å². The topological polar surface area (TPSA) is 66.5 Å². The van der Waals surface area contributed by atoms with Gasteiger partial charge in [0.1, 0.15) is 16.1 Å². The molecule has 1 aromatic carbocycles. The molecule has 2 aromatic rings. The van der Waals surface area contributed by atoms with Crippen molar-refractivity contribution < 1.29 is 30.8 Å². The molecular formula is C17H16F4N2O3S2. The summed E-state index contributed by atoms with van der Waals surface area (Å²) in [6, 6.07) is 4.21. The Kier molecular flexibility index (Phi) is 5.78. The molecule has 5 nitrogen and oxygen atoms in total. The molecule has 1 aromatic heterocycles. The van der Waals surface area contributed by atoms with Crippen molar-refractivity contribution in [3.63, 3.8) is 0 Å². The molecule has 0 spiro atoms. The lowest BCUT2D eigenvalue weighted by atomic mass is 10.1. The Balaban J connectivity index is 1.75. The number of halogens is 4. The molecule has 11 heteroatoms. The van der Waals surface area contributed by atoms with Gasteiger partial charge in [-0.15, -0.1) is 11.3 Å². The van der Waals surface area contributed by atoms with Crippen LogP contribution in [0.2, 0.25) is 0 Å². The fourth-order valence-electron chi connectivity index (χ4n) is 3.08. The number of sulfonamides is 1. The van der Waals surface area contributed by atoms with E-state index in [1.807, 2.05) is 0 Å². The number of rotatable bonds is 5. The number of alkyl halides is 3. The first-order chi connectivity index (χ1) is 13.1. The maximum atomic E-state index is 13.2. The molecule has 0 bridgehead atoms. The van der Waals surface area contributed by atoms with E-state index in [1.165, 1.54) is 6.07 Å². The van der Waals surface area contributed by atoms with Crippen LogP contribution in [-0.2, 0) is 27.5 Å². The number of thiophene rings is 1. The Morgan fingerprint density at radius 3 is 2.68 bits per heavy atom. The minimum Gasteiger partial charge on any atom is -0.351 e. The first-order valence-corrected chi connectivity index (χ1v) is 10.6. The van der Waals surface area contributed by atoms with E-state index < -0.39 is 46.1 Å². The molecule has 1 fully saturated rings. The summed E-state index contributed by atoms with van der Waals surface area (Å²) in [4.78, 5) is 12.5. The molecule has 28 heavy (non-hydrogen) atoms. The van der Waals surface area contributed by atoms with Gasteiger partial charge in [-0.25, -0.2) is 12.8 Å². The Hall–Kier alpha value is -1.98. The highest BCUT2D eigenvalue weighted by Crippen LogP contribution is 2.33. The number of benzene rings is 1. The van der Waals surface area contributed by atoms with Crippen molar-refractivity contribution in [2.75, 3.05) is 6.54 Å². The summed E-state index contributed by atoms with van der Waals surface area (Å²) in [5.74, 6) is -1.72. The molecule has 1 aliphatic rings. The molecular weight excluding hydrogens is 420 g/mol. The second-order valence-electron chi connectivity index (χ2n) is 6.22. The van der Waals surface area contributed by atoms with Gasteiger partial charge in [0.25, 0.3) is 10.0 Å². The number of hydrogen-bond donors (Lipinski definition) is 1. The summed E-state index contributed by atoms with van der Waals surface area (Å²) < 4.78 is 78.9. The van der Waals surface area contributed by atoms with Crippen LogP contribution in [0.15, 0.2) is 39.9 Å². The lowest BCUT2D eigenvalue weighted by molar-refractivity contribution is -0.138. The predicted octanol–water partition coefficient (Wildman–Crippen LogP) is 3.38. The van der Waals surface area contributed by atoms with Crippen molar-refractivity contribution in [2.45, 2.75) is 35.8 Å². The average Bonchev–Trinajstić information content (AvgIpc) is 3.31. The highest BCUT2D eigenvalue weighted by atomic mass is 32.2. The third kappa shape index (κ3) is 4.20. The zero-order chi connectivity index (χ0) is 20.5. The van der Waals surface area contributed by atoms with E-state index in [2.05, 4.69) is 5.32 Å². The molecule has 1 N–H and O–H groups in total. The summed E-state index contributed by atoms with van der Waals surface area (Å²) in [6.45, 7) is -0.333. The van der Waals surface area contributed by atoms with Crippen LogP contribution in [0.25, 0.3) is 0 Å². The van der Waals surface area contributed by atoms with Crippen molar-refractivity contribution in [1.29, 1.82) is 0 Å². The number of nitrogens with zero attached hydrogens (tertiary/aromatic N) is 1. The van der Waals surface area contributed by atoms with Gasteiger partial charge in [-0.05, 0) is 42.0 Å². The van der Waals surface area contributed by atoms with Crippen LogP contribution < -0.4 is 5.32 Å². The maximum absolute atomic E-state index is 13.2. The van der Waals surface area contributed by atoms with Gasteiger partial charge in [0, 0.05) is 13.1 Å². The van der Waals surface area contributed by atoms with Gasteiger partial charge in [-0.1, -0.05) is 12.1 Å². The van der Waals surface area contributed by atoms with Crippen LogP contribution in [0, 0.1) is 5.82 Å². The highest BCUT2D eigenvalue weighted by Gasteiger charge is 2.40. The standard InChI is InChI=1S/C17H16F4N2O3S2/c18-12-6-5-11(13(9-12)17(19,20)21)10-22-16(24)14-3-1-7-23(14)28(25,26)15-4-2-8-27-15/h2,4-6,8-9,14H,1,3,7,10H2,(H,22,24)/t14-/m1/s1. The fraction of sp³-hybridized carbons (Fsp3) is 0.353. The fourth-order valence-corrected chi connectivity index (χ4v) is 5.86. The molecule has 0 aliphatic carbocycles. The summed E-state index contributed by atoms with van der Waals surface area (Å²) in [5.41, 5.74) is -1.48. The van der Waals surface area contributed by atoms with Crippen LogP contribution >= 0.6 is 11.3 Å². The number of amides is 1. The van der Waals surface area contributed by atoms with Gasteiger partial charge in [-0.2, -0.15) is 17.5 Å². The smallest absolute Gasteiger partial charge is 0.351 e. The van der Waals surface area contributed by atoms with E-state index in [9.17, 15) is 30.8 Å². The van der Waals surface area contributed by atoms with Crippen LogP contribution in [0.5, 0.6) is 0 Å². The second-order valence-corrected chi connectivity index (χ2v) is 9.29. The van der Waals surface area contributed by atoms with Gasteiger partial charge in [0.15, 0.2) is 0 Å². The number of carbonyl (C=O) groups excluding carboxylic acids is 1. The molecule has 2 heterocycles. The minimum atomic E-state index is -4.77. The molecule has 0 unspecified atom stereocenters. The van der Waals surface area contributed by atoms with Gasteiger partial charge >= 0.3 is 6.18 Å². The van der Waals surface area contributed by atoms with Gasteiger partial charge < -0.3 is 5.32 Å². The summed E-state index contributed by atoms with van der Waals surface area (Å²) in [7, 11) is -3.85. The maximum Gasteiger partial charge on any atom is 0.416 e. The van der Waals surface area contributed by atoms with E-state index in [4.69, 9.17) is 0 Å². The van der Waals surface area contributed by atoms with Gasteiger partial charge in [0.2, 0.25) is 5.91 Å². The first-order valence-electron chi connectivity index (χ1n) is 8.29. The van der Waals surface area contributed by atoms with Crippen molar-refractivity contribution >= 4 is 27.3 Å². The summed E-state index contributed by atoms with van der Waals surface area (Å²) in [6.07, 6.45) is -4.04. The van der Waals surface area contributed by atoms with Crippen molar-refractivity contribution in [3.8, 4) is 0 Å². The summed E-state index contributed by atoms with van der Waals surface area (Å²) in [5, 5.41) is 3.96. The average molecular weight is 436 g/mol. The quantitative estimate of drug-likeness (QED) is 0.731. The van der Waals surface area contributed by atoms with E-state index in [0.717, 1.165) is 27.8 Å². The van der Waals surface area contributed by atoms with Crippen molar-refractivity contribution in [2.24, 2.45) is 0 Å². The van der Waals surface area contributed by atoms with Gasteiger partial charge in [-0.3, -0.25) is 4.79 Å². The van der Waals surface area contributed by atoms with Crippen molar-refractivity contribution in [3.05, 3.63) is 52.7 Å². The minimum absolute atomic E-state index is 0.102. The monoisotopic (exact) mass is 436 g/mol. The van der Waals surface area contributed by atoms with Crippen LogP contribution in [0.1, 0.15) is 24.0 Å². The van der Waals surface area contributed by atoms with E-state index in [-0.39, 0.29) is 22.7 Å². The lowest BCUT2D eigenvalue weighted by Gasteiger charge is -2.23. The lowest BCUT2D eigenvalue weighted by Crippen LogP contribution is -2.45. The van der Waals surface area contributed by atoms with Gasteiger partial charge in [0.05, 0.1) is 5.56 Å².